The summed E-state index contributed by atoms with van der Waals surface area (Å²) in [5.74, 6) is 0.929. The smallest absolute Gasteiger partial charge is 0.334 e. The van der Waals surface area contributed by atoms with Crippen LogP contribution in [0.4, 0.5) is 0 Å². The number of rotatable bonds is 4. The van der Waals surface area contributed by atoms with Gasteiger partial charge in [-0.25, -0.2) is 5.01 Å². The Morgan fingerprint density at radius 3 is 2.56 bits per heavy atom. The molecule has 4 aliphatic rings. The minimum absolute atomic E-state index is 0.0605. The van der Waals surface area contributed by atoms with E-state index in [-0.39, 0.29) is 12.2 Å². The molecule has 2 N–H and O–H groups in total. The highest BCUT2D eigenvalue weighted by atomic mass is 16.5. The Labute approximate surface area is 189 Å². The van der Waals surface area contributed by atoms with Gasteiger partial charge >= 0.3 is 5.84 Å². The van der Waals surface area contributed by atoms with Gasteiger partial charge in [-0.1, -0.05) is 30.3 Å². The third-order valence-corrected chi connectivity index (χ3v) is 6.81. The van der Waals surface area contributed by atoms with Gasteiger partial charge < -0.3 is 25.5 Å². The average Bonchev–Trinajstić information content (AvgIpc) is 3.32. The van der Waals surface area contributed by atoms with Crippen LogP contribution in [0.3, 0.4) is 0 Å². The molecule has 0 bridgehead atoms. The van der Waals surface area contributed by atoms with Gasteiger partial charge in [0.25, 0.3) is 5.96 Å². The Balaban J connectivity index is 1.59. The summed E-state index contributed by atoms with van der Waals surface area (Å²) in [6.45, 7) is 7.70. The summed E-state index contributed by atoms with van der Waals surface area (Å²) < 4.78 is 5.97. The van der Waals surface area contributed by atoms with E-state index in [0.717, 1.165) is 34.8 Å². The standard InChI is InChI=1S/C23H33N7O2/c1-16-12-27(13-17(2)32-16)21-20(18-8-5-4-6-9-18)25-23(24)29-15-28(30(31)22(21)29)14-19-10-7-11-26(19)3/h4-6,8-9,16-17,19H,7,10-15H2,1-3H3,(H2,24,25)/t16?,17?,19-/m0/s1. The molecule has 5 rings (SSSR count). The number of guanidine groups is 1. The highest BCUT2D eigenvalue weighted by Crippen LogP contribution is 2.33. The summed E-state index contributed by atoms with van der Waals surface area (Å²) in [6, 6.07) is 10.4. The molecule has 2 unspecified atom stereocenters. The second kappa shape index (κ2) is 8.29. The lowest BCUT2D eigenvalue weighted by molar-refractivity contribution is -0.628. The number of likely N-dealkylation sites (N-methyl/N-ethyl adjacent to an activating group) is 1. The second-order valence-corrected chi connectivity index (χ2v) is 9.33. The van der Waals surface area contributed by atoms with Gasteiger partial charge in [0.2, 0.25) is 0 Å². The number of aliphatic imine (C=N–C) groups is 1. The molecular formula is C23H33N7O2. The van der Waals surface area contributed by atoms with Crippen LogP contribution in [-0.2, 0) is 4.74 Å². The van der Waals surface area contributed by atoms with E-state index in [0.29, 0.717) is 44.1 Å². The normalized spacial score (nSPS) is 29.2. The molecule has 1 aromatic carbocycles. The Morgan fingerprint density at radius 1 is 1.19 bits per heavy atom. The van der Waals surface area contributed by atoms with Crippen molar-refractivity contribution in [3.05, 3.63) is 46.8 Å². The number of fused-ring (bicyclic) bond motifs is 1. The van der Waals surface area contributed by atoms with Gasteiger partial charge in [-0.05, 0) is 40.3 Å². The van der Waals surface area contributed by atoms with E-state index in [1.54, 1.807) is 0 Å². The maximum Gasteiger partial charge on any atom is 0.334 e. The number of hydrazine groups is 1. The first kappa shape index (κ1) is 21.1. The van der Waals surface area contributed by atoms with Crippen molar-refractivity contribution in [1.29, 1.82) is 0 Å². The maximum atomic E-state index is 13.7. The van der Waals surface area contributed by atoms with Gasteiger partial charge in [-0.2, -0.15) is 14.7 Å². The number of likely N-dealkylation sites (tertiary alicyclic amines) is 1. The molecule has 1 aromatic rings. The van der Waals surface area contributed by atoms with Crippen LogP contribution < -0.4 is 5.73 Å². The van der Waals surface area contributed by atoms with E-state index in [1.807, 2.05) is 40.2 Å². The number of nitrogens with two attached hydrogens (primary N) is 1. The van der Waals surface area contributed by atoms with Crippen molar-refractivity contribution in [2.24, 2.45) is 10.7 Å². The molecule has 172 valence electrons. The fraction of sp³-hybridized carbons (Fsp3) is 0.565. The average molecular weight is 440 g/mol. The van der Waals surface area contributed by atoms with Crippen LogP contribution in [0.5, 0.6) is 0 Å². The molecule has 0 spiro atoms. The minimum Gasteiger partial charge on any atom is -0.692 e. The summed E-state index contributed by atoms with van der Waals surface area (Å²) in [5, 5.41) is 15.6. The van der Waals surface area contributed by atoms with Gasteiger partial charge in [0.05, 0.1) is 18.8 Å². The number of nitrogens with zero attached hydrogens (tertiary/aromatic N) is 6. The van der Waals surface area contributed by atoms with E-state index in [4.69, 9.17) is 15.5 Å². The van der Waals surface area contributed by atoms with Gasteiger partial charge in [-0.15, -0.1) is 0 Å². The zero-order valence-corrected chi connectivity index (χ0v) is 19.1. The lowest BCUT2D eigenvalue weighted by Gasteiger charge is -2.39. The van der Waals surface area contributed by atoms with Gasteiger partial charge in [0.1, 0.15) is 5.70 Å². The Kier molecular flexibility index (Phi) is 5.46. The summed E-state index contributed by atoms with van der Waals surface area (Å²) in [7, 11) is 2.13. The minimum atomic E-state index is 0.0605. The topological polar surface area (TPSA) is 86.6 Å². The van der Waals surface area contributed by atoms with E-state index in [2.05, 4.69) is 30.7 Å². The van der Waals surface area contributed by atoms with Crippen LogP contribution in [0.2, 0.25) is 0 Å². The Bertz CT molecular complexity index is 950. The zero-order chi connectivity index (χ0) is 22.4. The predicted molar refractivity (Wildman–Crippen MR) is 124 cm³/mol. The van der Waals surface area contributed by atoms with Crippen molar-refractivity contribution >= 4 is 17.5 Å². The SMILES string of the molecule is CC1CN(C2=C(c3ccccc3)N=C(N)N3CN(C[C@@H]4CCCN4C)[N+]([O-])=C23)CC(C)O1. The third-order valence-electron chi connectivity index (χ3n) is 6.81. The summed E-state index contributed by atoms with van der Waals surface area (Å²) in [6.07, 6.45) is 2.40. The van der Waals surface area contributed by atoms with Crippen molar-refractivity contribution < 1.29 is 9.58 Å². The number of hydrogen-bond acceptors (Lipinski definition) is 8. The fourth-order valence-corrected chi connectivity index (χ4v) is 5.29. The van der Waals surface area contributed by atoms with Crippen LogP contribution in [0.15, 0.2) is 41.0 Å². The summed E-state index contributed by atoms with van der Waals surface area (Å²) in [5.41, 5.74) is 8.96. The number of hydrogen-bond donors (Lipinski definition) is 1. The quantitative estimate of drug-likeness (QED) is 0.559. The molecule has 2 saturated heterocycles. The van der Waals surface area contributed by atoms with Crippen LogP contribution in [0, 0.1) is 5.21 Å². The molecular weight excluding hydrogens is 406 g/mol. The molecule has 32 heavy (non-hydrogen) atoms. The molecule has 9 nitrogen and oxygen atoms in total. The maximum absolute atomic E-state index is 13.7. The van der Waals surface area contributed by atoms with Crippen LogP contribution in [-0.4, -0.2) is 94.5 Å². The van der Waals surface area contributed by atoms with Crippen LogP contribution in [0.1, 0.15) is 32.3 Å². The first-order chi connectivity index (χ1) is 15.4. The highest BCUT2D eigenvalue weighted by molar-refractivity contribution is 6.14. The molecule has 0 amide bonds. The Hall–Kier alpha value is -2.78. The molecule has 3 atom stereocenters. The first-order valence-corrected chi connectivity index (χ1v) is 11.5. The molecule has 2 fully saturated rings. The highest BCUT2D eigenvalue weighted by Gasteiger charge is 2.47. The number of hydrazone groups is 1. The lowest BCUT2D eigenvalue weighted by atomic mass is 10.1. The third kappa shape index (κ3) is 3.69. The number of amidine groups is 1. The van der Waals surface area contributed by atoms with Gasteiger partial charge in [-0.3, -0.25) is 0 Å². The first-order valence-electron chi connectivity index (χ1n) is 11.5. The summed E-state index contributed by atoms with van der Waals surface area (Å²) in [4.78, 5) is 12.3. The van der Waals surface area contributed by atoms with Crippen LogP contribution >= 0.6 is 0 Å². The van der Waals surface area contributed by atoms with Crippen LogP contribution in [0.25, 0.3) is 5.70 Å². The van der Waals surface area contributed by atoms with Crippen molar-refractivity contribution in [2.75, 3.05) is 39.9 Å². The van der Waals surface area contributed by atoms with Gasteiger partial charge in [0.15, 0.2) is 12.4 Å². The van der Waals surface area contributed by atoms with Crippen molar-refractivity contribution in [3.63, 3.8) is 0 Å². The monoisotopic (exact) mass is 439 g/mol. The number of ether oxygens (including phenoxy) is 1. The van der Waals surface area contributed by atoms with E-state index >= 15 is 0 Å². The molecule has 0 saturated carbocycles. The molecule has 0 aromatic heterocycles. The van der Waals surface area contributed by atoms with Crippen molar-refractivity contribution in [1.82, 2.24) is 19.7 Å². The number of benzene rings is 1. The van der Waals surface area contributed by atoms with E-state index < -0.39 is 0 Å². The Morgan fingerprint density at radius 2 is 1.91 bits per heavy atom. The number of morpholine rings is 1. The van der Waals surface area contributed by atoms with Gasteiger partial charge in [0, 0.05) is 24.7 Å². The zero-order valence-electron chi connectivity index (χ0n) is 19.1. The molecule has 9 heteroatoms. The summed E-state index contributed by atoms with van der Waals surface area (Å²) >= 11 is 0. The fourth-order valence-electron chi connectivity index (χ4n) is 5.29. The second-order valence-electron chi connectivity index (χ2n) is 9.33. The van der Waals surface area contributed by atoms with Crippen molar-refractivity contribution in [3.8, 4) is 0 Å². The largest absolute Gasteiger partial charge is 0.692 e. The van der Waals surface area contributed by atoms with Crippen molar-refractivity contribution in [2.45, 2.75) is 44.9 Å². The molecule has 4 heterocycles. The van der Waals surface area contributed by atoms with E-state index in [9.17, 15) is 5.21 Å². The molecule has 0 aliphatic carbocycles. The lowest BCUT2D eigenvalue weighted by Crippen LogP contribution is -2.52. The molecule has 0 radical (unpaired) electrons. The van der Waals surface area contributed by atoms with E-state index in [1.165, 1.54) is 6.42 Å². The molecule has 4 aliphatic heterocycles. The predicted octanol–water partition coefficient (Wildman–Crippen LogP) is 1.29.